The number of rotatable bonds is 9. The topological polar surface area (TPSA) is 105 Å². The Morgan fingerprint density at radius 3 is 2.43 bits per heavy atom. The molecule has 1 saturated carbocycles. The third-order valence-corrected chi connectivity index (χ3v) is 4.71. The highest BCUT2D eigenvalue weighted by molar-refractivity contribution is 8.00. The van der Waals surface area contributed by atoms with Gasteiger partial charge in [-0.1, -0.05) is 6.42 Å². The van der Waals surface area contributed by atoms with E-state index in [0.717, 1.165) is 11.4 Å². The Balaban J connectivity index is 1.48. The third-order valence-electron chi connectivity index (χ3n) is 3.78. The van der Waals surface area contributed by atoms with Gasteiger partial charge in [0.25, 0.3) is 5.91 Å². The lowest BCUT2D eigenvalue weighted by molar-refractivity contribution is -0.126. The van der Waals surface area contributed by atoms with Gasteiger partial charge in [-0.15, -0.1) is 11.8 Å². The lowest BCUT2D eigenvalue weighted by Gasteiger charge is -2.25. The summed E-state index contributed by atoms with van der Waals surface area (Å²) in [7, 11) is 0. The van der Waals surface area contributed by atoms with Gasteiger partial charge in [0.15, 0.2) is 6.61 Å². The summed E-state index contributed by atoms with van der Waals surface area (Å²) in [5.41, 5.74) is 0. The van der Waals surface area contributed by atoms with Gasteiger partial charge >= 0.3 is 6.09 Å². The Hall–Kier alpha value is -1.77. The van der Waals surface area contributed by atoms with E-state index in [2.05, 4.69) is 15.4 Å². The van der Waals surface area contributed by atoms with Crippen molar-refractivity contribution in [2.24, 2.45) is 5.92 Å². The molecule has 1 saturated heterocycles. The summed E-state index contributed by atoms with van der Waals surface area (Å²) in [6, 6.07) is 0. The summed E-state index contributed by atoms with van der Waals surface area (Å²) in [6.07, 6.45) is 2.93. The number of hydrogen-bond donors (Lipinski definition) is 2. The van der Waals surface area contributed by atoms with E-state index >= 15 is 0 Å². The van der Waals surface area contributed by atoms with Gasteiger partial charge in [0, 0.05) is 19.6 Å². The zero-order valence-electron chi connectivity index (χ0n) is 12.8. The smallest absolute Gasteiger partial charge is 0.417 e. The molecule has 8 nitrogen and oxygen atoms in total. The van der Waals surface area contributed by atoms with Crippen LogP contribution in [0.5, 0.6) is 0 Å². The molecular formula is C14H21N3O5S. The Labute approximate surface area is 138 Å². The minimum Gasteiger partial charge on any atom is -0.439 e. The summed E-state index contributed by atoms with van der Waals surface area (Å²) in [5, 5.41) is 5.46. The SMILES string of the molecule is O=C(CSCC(=O)NCC1CCC1)NCCN1C(=O)COC1=O. The molecule has 1 heterocycles. The van der Waals surface area contributed by atoms with Gasteiger partial charge in [-0.25, -0.2) is 9.69 Å². The van der Waals surface area contributed by atoms with Gasteiger partial charge in [0.1, 0.15) is 0 Å². The number of nitrogens with one attached hydrogen (secondary N) is 2. The van der Waals surface area contributed by atoms with Crippen LogP contribution in [-0.4, -0.2) is 66.5 Å². The van der Waals surface area contributed by atoms with E-state index in [1.54, 1.807) is 0 Å². The maximum atomic E-state index is 11.6. The van der Waals surface area contributed by atoms with Gasteiger partial charge in [0.05, 0.1) is 11.5 Å². The highest BCUT2D eigenvalue weighted by Crippen LogP contribution is 2.25. The Morgan fingerprint density at radius 2 is 1.87 bits per heavy atom. The molecule has 2 rings (SSSR count). The first-order chi connectivity index (χ1) is 11.1. The fraction of sp³-hybridized carbons (Fsp3) is 0.714. The normalized spacial score (nSPS) is 17.7. The second-order valence-corrected chi connectivity index (χ2v) is 6.53. The molecule has 0 spiro atoms. The van der Waals surface area contributed by atoms with Crippen LogP contribution < -0.4 is 10.6 Å². The van der Waals surface area contributed by atoms with Crippen molar-refractivity contribution in [1.82, 2.24) is 15.5 Å². The van der Waals surface area contributed by atoms with Crippen molar-refractivity contribution in [3.63, 3.8) is 0 Å². The minimum absolute atomic E-state index is 0.0555. The maximum Gasteiger partial charge on any atom is 0.417 e. The average molecular weight is 343 g/mol. The van der Waals surface area contributed by atoms with Crippen molar-refractivity contribution < 1.29 is 23.9 Å². The third kappa shape index (κ3) is 5.74. The first-order valence-electron chi connectivity index (χ1n) is 7.64. The van der Waals surface area contributed by atoms with Crippen molar-refractivity contribution in [2.45, 2.75) is 19.3 Å². The summed E-state index contributed by atoms with van der Waals surface area (Å²) in [5.74, 6) is 0.336. The van der Waals surface area contributed by atoms with Crippen LogP contribution in [-0.2, 0) is 19.1 Å². The van der Waals surface area contributed by atoms with Crippen LogP contribution in [0, 0.1) is 5.92 Å². The Bertz CT molecular complexity index is 465. The van der Waals surface area contributed by atoms with Crippen LogP contribution in [0.25, 0.3) is 0 Å². The number of amides is 4. The fourth-order valence-electron chi connectivity index (χ4n) is 2.20. The van der Waals surface area contributed by atoms with Crippen molar-refractivity contribution >= 4 is 35.6 Å². The number of thioether (sulfide) groups is 1. The van der Waals surface area contributed by atoms with Crippen molar-refractivity contribution in [3.05, 3.63) is 0 Å². The van der Waals surface area contributed by atoms with Crippen LogP contribution >= 0.6 is 11.8 Å². The van der Waals surface area contributed by atoms with E-state index < -0.39 is 12.0 Å². The number of cyclic esters (lactones) is 1. The number of hydrogen-bond acceptors (Lipinski definition) is 6. The van der Waals surface area contributed by atoms with E-state index in [9.17, 15) is 19.2 Å². The molecule has 1 aliphatic heterocycles. The molecule has 0 unspecified atom stereocenters. The first-order valence-corrected chi connectivity index (χ1v) is 8.80. The highest BCUT2D eigenvalue weighted by Gasteiger charge is 2.30. The highest BCUT2D eigenvalue weighted by atomic mass is 32.2. The molecule has 4 amide bonds. The Morgan fingerprint density at radius 1 is 1.17 bits per heavy atom. The van der Waals surface area contributed by atoms with Crippen molar-refractivity contribution in [1.29, 1.82) is 0 Å². The summed E-state index contributed by atoms with van der Waals surface area (Å²) < 4.78 is 4.55. The molecular weight excluding hydrogens is 322 g/mol. The predicted octanol–water partition coefficient (Wildman–Crippen LogP) is -0.269. The zero-order chi connectivity index (χ0) is 16.7. The molecule has 128 valence electrons. The van der Waals surface area contributed by atoms with Crippen LogP contribution in [0.2, 0.25) is 0 Å². The van der Waals surface area contributed by atoms with Crippen LogP contribution in [0.15, 0.2) is 0 Å². The van der Waals surface area contributed by atoms with E-state index in [1.807, 2.05) is 0 Å². The molecule has 2 fully saturated rings. The van der Waals surface area contributed by atoms with Crippen LogP contribution in [0.4, 0.5) is 4.79 Å². The van der Waals surface area contributed by atoms with Gasteiger partial charge < -0.3 is 15.4 Å². The average Bonchev–Trinajstić information content (AvgIpc) is 2.77. The largest absolute Gasteiger partial charge is 0.439 e. The van der Waals surface area contributed by atoms with E-state index in [0.29, 0.717) is 5.92 Å². The standard InChI is InChI=1S/C14H21N3O5S/c18-11(15-4-5-17-13(20)7-22-14(17)21)8-23-9-12(19)16-6-10-2-1-3-10/h10H,1-9H2,(H,15,18)(H,16,19). The van der Waals surface area contributed by atoms with Gasteiger partial charge in [-0.05, 0) is 18.8 Å². The van der Waals surface area contributed by atoms with E-state index in [1.165, 1.54) is 31.0 Å². The second kappa shape index (κ2) is 8.76. The van der Waals surface area contributed by atoms with Gasteiger partial charge in [-0.2, -0.15) is 0 Å². The predicted molar refractivity (Wildman–Crippen MR) is 83.7 cm³/mol. The molecule has 0 aromatic heterocycles. The lowest BCUT2D eigenvalue weighted by Crippen LogP contribution is -2.38. The number of imide groups is 1. The minimum atomic E-state index is -0.679. The summed E-state index contributed by atoms with van der Waals surface area (Å²) >= 11 is 1.23. The molecule has 0 aromatic carbocycles. The maximum absolute atomic E-state index is 11.6. The molecule has 2 N–H and O–H groups in total. The van der Waals surface area contributed by atoms with Gasteiger partial charge in [-0.3, -0.25) is 14.4 Å². The van der Waals surface area contributed by atoms with E-state index in [4.69, 9.17) is 0 Å². The fourth-order valence-corrected chi connectivity index (χ4v) is 2.87. The Kier molecular flexibility index (Phi) is 6.69. The number of nitrogens with zero attached hydrogens (tertiary/aromatic N) is 1. The summed E-state index contributed by atoms with van der Waals surface area (Å²) in [4.78, 5) is 46.6. The monoisotopic (exact) mass is 343 g/mol. The quantitative estimate of drug-likeness (QED) is 0.597. The van der Waals surface area contributed by atoms with Crippen LogP contribution in [0.3, 0.4) is 0 Å². The second-order valence-electron chi connectivity index (χ2n) is 5.54. The van der Waals surface area contributed by atoms with Crippen molar-refractivity contribution in [3.8, 4) is 0 Å². The van der Waals surface area contributed by atoms with E-state index in [-0.39, 0.29) is 43.0 Å². The molecule has 9 heteroatoms. The first kappa shape index (κ1) is 17.6. The molecule has 1 aliphatic carbocycles. The molecule has 2 aliphatic rings. The number of carbonyl (C=O) groups excluding carboxylic acids is 4. The zero-order valence-corrected chi connectivity index (χ0v) is 13.7. The molecule has 0 bridgehead atoms. The molecule has 23 heavy (non-hydrogen) atoms. The molecule has 0 atom stereocenters. The van der Waals surface area contributed by atoms with Gasteiger partial charge in [0.2, 0.25) is 11.8 Å². The van der Waals surface area contributed by atoms with Crippen molar-refractivity contribution in [2.75, 3.05) is 37.7 Å². The molecule has 0 aromatic rings. The number of ether oxygens (including phenoxy) is 1. The molecule has 0 radical (unpaired) electrons. The van der Waals surface area contributed by atoms with Crippen LogP contribution in [0.1, 0.15) is 19.3 Å². The summed E-state index contributed by atoms with van der Waals surface area (Å²) in [6.45, 7) is 0.758. The number of carbonyl (C=O) groups is 4. The lowest BCUT2D eigenvalue weighted by atomic mass is 9.85.